The first-order chi connectivity index (χ1) is 13.9. The molecule has 3 heterocycles. The number of pyridine rings is 1. The zero-order valence-electron chi connectivity index (χ0n) is 17.4. The van der Waals surface area contributed by atoms with Crippen molar-refractivity contribution in [1.82, 2.24) is 24.9 Å². The standard InChI is InChI=1S/C23H29N5O/c1-17-8-7-12-28-20(17)14-25-22(28)23(2,3)26-21(29)19-16-27(13-11-24-19)15-18-9-5-4-6-10-18/h4-10,12,14,19,24H,11,13,15-16H2,1-3H3,(H,26,29)/t19-/m0/s1. The fourth-order valence-corrected chi connectivity index (χ4v) is 4.05. The Hall–Kier alpha value is -2.70. The number of nitrogens with zero attached hydrogens (tertiary/aromatic N) is 3. The largest absolute Gasteiger partial charge is 0.343 e. The number of carbonyl (C=O) groups excluding carboxylic acids is 1. The maximum atomic E-state index is 13.1. The predicted octanol–water partition coefficient (Wildman–Crippen LogP) is 2.47. The summed E-state index contributed by atoms with van der Waals surface area (Å²) in [5.74, 6) is 0.846. The molecule has 1 aromatic carbocycles. The van der Waals surface area contributed by atoms with Crippen LogP contribution in [-0.4, -0.2) is 45.9 Å². The molecule has 2 N–H and O–H groups in total. The highest BCUT2D eigenvalue weighted by atomic mass is 16.2. The minimum Gasteiger partial charge on any atom is -0.343 e. The Labute approximate surface area is 171 Å². The summed E-state index contributed by atoms with van der Waals surface area (Å²) in [6, 6.07) is 14.2. The average molecular weight is 392 g/mol. The van der Waals surface area contributed by atoms with Gasteiger partial charge in [0.15, 0.2) is 0 Å². The minimum absolute atomic E-state index is 0.0113. The van der Waals surface area contributed by atoms with Crippen LogP contribution in [0.15, 0.2) is 54.9 Å². The molecule has 6 nitrogen and oxygen atoms in total. The first-order valence-corrected chi connectivity index (χ1v) is 10.2. The third kappa shape index (κ3) is 4.18. The molecule has 1 atom stereocenters. The lowest BCUT2D eigenvalue weighted by molar-refractivity contribution is -0.126. The third-order valence-electron chi connectivity index (χ3n) is 5.60. The van der Waals surface area contributed by atoms with E-state index >= 15 is 0 Å². The van der Waals surface area contributed by atoms with Gasteiger partial charge in [-0.15, -0.1) is 0 Å². The summed E-state index contributed by atoms with van der Waals surface area (Å²) >= 11 is 0. The number of nitrogens with one attached hydrogen (secondary N) is 2. The first kappa shape index (κ1) is 19.6. The Morgan fingerprint density at radius 1 is 1.24 bits per heavy atom. The highest BCUT2D eigenvalue weighted by Crippen LogP contribution is 2.22. The van der Waals surface area contributed by atoms with Crippen LogP contribution in [0.1, 0.15) is 30.8 Å². The topological polar surface area (TPSA) is 61.7 Å². The number of benzene rings is 1. The van der Waals surface area contributed by atoms with Crippen molar-refractivity contribution in [2.24, 2.45) is 0 Å². The average Bonchev–Trinajstić information content (AvgIpc) is 3.15. The summed E-state index contributed by atoms with van der Waals surface area (Å²) in [4.78, 5) is 20.0. The summed E-state index contributed by atoms with van der Waals surface area (Å²) < 4.78 is 2.06. The molecular formula is C23H29N5O. The van der Waals surface area contributed by atoms with Gasteiger partial charge in [-0.3, -0.25) is 9.69 Å². The van der Waals surface area contributed by atoms with E-state index in [9.17, 15) is 4.79 Å². The fourth-order valence-electron chi connectivity index (χ4n) is 4.05. The number of piperazine rings is 1. The number of imidazole rings is 1. The molecule has 6 heteroatoms. The Bertz CT molecular complexity index is 995. The van der Waals surface area contributed by atoms with Crippen LogP contribution in [0.5, 0.6) is 0 Å². The van der Waals surface area contributed by atoms with Gasteiger partial charge in [0, 0.05) is 32.4 Å². The molecule has 0 radical (unpaired) electrons. The number of hydrogen-bond donors (Lipinski definition) is 2. The normalized spacial score (nSPS) is 18.1. The Balaban J connectivity index is 1.45. The maximum Gasteiger partial charge on any atom is 0.239 e. The SMILES string of the molecule is Cc1cccn2c(C(C)(C)NC(=O)[C@@H]3CN(Cc4ccccc4)CCN3)ncc12. The van der Waals surface area contributed by atoms with E-state index in [1.807, 2.05) is 38.4 Å². The Kier molecular flexibility index (Phi) is 5.39. The van der Waals surface area contributed by atoms with Crippen LogP contribution in [-0.2, 0) is 16.9 Å². The second-order valence-corrected chi connectivity index (χ2v) is 8.37. The monoisotopic (exact) mass is 391 g/mol. The second-order valence-electron chi connectivity index (χ2n) is 8.37. The van der Waals surface area contributed by atoms with Crippen molar-refractivity contribution in [1.29, 1.82) is 0 Å². The van der Waals surface area contributed by atoms with Crippen LogP contribution in [0.2, 0.25) is 0 Å². The highest BCUT2D eigenvalue weighted by molar-refractivity contribution is 5.83. The van der Waals surface area contributed by atoms with Crippen LogP contribution in [0.25, 0.3) is 5.52 Å². The summed E-state index contributed by atoms with van der Waals surface area (Å²) in [6.45, 7) is 9.37. The lowest BCUT2D eigenvalue weighted by atomic mass is 10.0. The quantitative estimate of drug-likeness (QED) is 0.701. The molecule has 4 rings (SSSR count). The molecule has 29 heavy (non-hydrogen) atoms. The van der Waals surface area contributed by atoms with E-state index in [4.69, 9.17) is 0 Å². The van der Waals surface area contributed by atoms with Gasteiger partial charge in [0.1, 0.15) is 5.82 Å². The van der Waals surface area contributed by atoms with E-state index in [1.54, 1.807) is 0 Å². The summed E-state index contributed by atoms with van der Waals surface area (Å²) in [5.41, 5.74) is 2.92. The fraction of sp³-hybridized carbons (Fsp3) is 0.391. The molecule has 152 valence electrons. The van der Waals surface area contributed by atoms with E-state index in [0.717, 1.165) is 31.0 Å². The van der Waals surface area contributed by atoms with Crippen molar-refractivity contribution in [3.63, 3.8) is 0 Å². The molecule has 0 bridgehead atoms. The summed E-state index contributed by atoms with van der Waals surface area (Å²) in [7, 11) is 0. The zero-order chi connectivity index (χ0) is 20.4. The van der Waals surface area contributed by atoms with Crippen LogP contribution in [0.4, 0.5) is 0 Å². The second kappa shape index (κ2) is 7.97. The molecule has 1 aliphatic heterocycles. The van der Waals surface area contributed by atoms with E-state index in [2.05, 4.69) is 62.2 Å². The molecule has 1 amide bonds. The molecular weight excluding hydrogens is 362 g/mol. The number of hydrogen-bond acceptors (Lipinski definition) is 4. The first-order valence-electron chi connectivity index (χ1n) is 10.2. The summed E-state index contributed by atoms with van der Waals surface area (Å²) in [5, 5.41) is 6.58. The number of aryl methyl sites for hydroxylation is 1. The van der Waals surface area contributed by atoms with Crippen molar-refractivity contribution in [2.45, 2.75) is 38.9 Å². The van der Waals surface area contributed by atoms with E-state index in [1.165, 1.54) is 11.1 Å². The number of carbonyl (C=O) groups is 1. The van der Waals surface area contributed by atoms with Crippen LogP contribution < -0.4 is 10.6 Å². The van der Waals surface area contributed by atoms with Gasteiger partial charge in [-0.25, -0.2) is 4.98 Å². The Morgan fingerprint density at radius 2 is 2.03 bits per heavy atom. The van der Waals surface area contributed by atoms with Gasteiger partial charge in [-0.2, -0.15) is 0 Å². The van der Waals surface area contributed by atoms with Gasteiger partial charge in [-0.1, -0.05) is 36.4 Å². The Morgan fingerprint density at radius 3 is 2.83 bits per heavy atom. The molecule has 2 aromatic heterocycles. The van der Waals surface area contributed by atoms with E-state index in [-0.39, 0.29) is 11.9 Å². The lowest BCUT2D eigenvalue weighted by Gasteiger charge is -2.35. The molecule has 1 fully saturated rings. The number of aromatic nitrogens is 2. The van der Waals surface area contributed by atoms with Crippen molar-refractivity contribution in [3.05, 3.63) is 71.8 Å². The molecule has 0 spiro atoms. The van der Waals surface area contributed by atoms with Crippen molar-refractivity contribution in [2.75, 3.05) is 19.6 Å². The van der Waals surface area contributed by atoms with Crippen molar-refractivity contribution < 1.29 is 4.79 Å². The number of fused-ring (bicyclic) bond motifs is 1. The maximum absolute atomic E-state index is 13.1. The van der Waals surface area contributed by atoms with Gasteiger partial charge in [0.25, 0.3) is 0 Å². The smallest absolute Gasteiger partial charge is 0.239 e. The van der Waals surface area contributed by atoms with Crippen LogP contribution >= 0.6 is 0 Å². The zero-order valence-corrected chi connectivity index (χ0v) is 17.4. The van der Waals surface area contributed by atoms with Gasteiger partial charge in [0.2, 0.25) is 5.91 Å². The molecule has 0 unspecified atom stereocenters. The van der Waals surface area contributed by atoms with Gasteiger partial charge in [0.05, 0.1) is 23.3 Å². The van der Waals surface area contributed by atoms with Gasteiger partial charge >= 0.3 is 0 Å². The predicted molar refractivity (Wildman–Crippen MR) is 115 cm³/mol. The summed E-state index contributed by atoms with van der Waals surface area (Å²) in [6.07, 6.45) is 3.87. The molecule has 3 aromatic rings. The van der Waals surface area contributed by atoms with Crippen LogP contribution in [0, 0.1) is 6.92 Å². The molecule has 1 aliphatic rings. The third-order valence-corrected chi connectivity index (χ3v) is 5.60. The molecule has 0 saturated carbocycles. The van der Waals surface area contributed by atoms with Crippen molar-refractivity contribution >= 4 is 11.4 Å². The van der Waals surface area contributed by atoms with Gasteiger partial charge in [-0.05, 0) is 38.0 Å². The van der Waals surface area contributed by atoms with E-state index in [0.29, 0.717) is 6.54 Å². The number of amides is 1. The van der Waals surface area contributed by atoms with E-state index < -0.39 is 5.54 Å². The van der Waals surface area contributed by atoms with Gasteiger partial charge < -0.3 is 15.0 Å². The lowest BCUT2D eigenvalue weighted by Crippen LogP contribution is -2.59. The molecule has 0 aliphatic carbocycles. The molecule has 1 saturated heterocycles. The number of rotatable bonds is 5. The van der Waals surface area contributed by atoms with Crippen LogP contribution in [0.3, 0.4) is 0 Å². The minimum atomic E-state index is -0.583. The van der Waals surface area contributed by atoms with Crippen molar-refractivity contribution in [3.8, 4) is 0 Å². The highest BCUT2D eigenvalue weighted by Gasteiger charge is 2.32.